The largest absolute Gasteiger partial charge is 0.481 e. The summed E-state index contributed by atoms with van der Waals surface area (Å²) in [7, 11) is 0. The van der Waals surface area contributed by atoms with Crippen LogP contribution in [0.1, 0.15) is 42.7 Å². The van der Waals surface area contributed by atoms with Crippen LogP contribution >= 0.6 is 0 Å². The highest BCUT2D eigenvalue weighted by Gasteiger charge is 2.32. The molecule has 1 saturated heterocycles. The fourth-order valence-electron chi connectivity index (χ4n) is 4.63. The topological polar surface area (TPSA) is 114 Å². The maximum atomic E-state index is 12.3. The Morgan fingerprint density at radius 1 is 0.971 bits per heavy atom. The number of hydrogen-bond donors (Lipinski definition) is 3. The van der Waals surface area contributed by atoms with E-state index in [1.807, 2.05) is 24.3 Å². The zero-order chi connectivity index (χ0) is 23.9. The van der Waals surface area contributed by atoms with Crippen molar-refractivity contribution < 1.29 is 29.0 Å². The second-order valence-corrected chi connectivity index (χ2v) is 8.74. The molecule has 1 aliphatic heterocycles. The lowest BCUT2D eigenvalue weighted by molar-refractivity contribution is -0.137. The molecule has 8 nitrogen and oxygen atoms in total. The van der Waals surface area contributed by atoms with E-state index in [9.17, 15) is 14.4 Å². The third-order valence-corrected chi connectivity index (χ3v) is 6.39. The summed E-state index contributed by atoms with van der Waals surface area (Å²) in [5.74, 6) is -1.19. The molecule has 0 aromatic heterocycles. The highest BCUT2D eigenvalue weighted by atomic mass is 16.5. The highest BCUT2D eigenvalue weighted by Crippen LogP contribution is 2.44. The van der Waals surface area contributed by atoms with E-state index in [0.29, 0.717) is 32.4 Å². The van der Waals surface area contributed by atoms with Gasteiger partial charge in [0.1, 0.15) is 6.61 Å². The van der Waals surface area contributed by atoms with Gasteiger partial charge in [-0.2, -0.15) is 0 Å². The zero-order valence-electron chi connectivity index (χ0n) is 19.0. The summed E-state index contributed by atoms with van der Waals surface area (Å²) in [5, 5.41) is 14.2. The Balaban J connectivity index is 1.18. The molecule has 2 aliphatic rings. The molecule has 4 rings (SSSR count). The zero-order valence-corrected chi connectivity index (χ0v) is 19.0. The van der Waals surface area contributed by atoms with Gasteiger partial charge in [0.15, 0.2) is 0 Å². The minimum Gasteiger partial charge on any atom is -0.481 e. The molecule has 1 heterocycles. The summed E-state index contributed by atoms with van der Waals surface area (Å²) in [6.45, 7) is 1.28. The summed E-state index contributed by atoms with van der Waals surface area (Å²) >= 11 is 0. The Morgan fingerprint density at radius 2 is 1.65 bits per heavy atom. The van der Waals surface area contributed by atoms with Gasteiger partial charge in [-0.3, -0.25) is 9.59 Å². The number of ether oxygens (including phenoxy) is 2. The maximum Gasteiger partial charge on any atom is 0.407 e. The first kappa shape index (κ1) is 23.8. The van der Waals surface area contributed by atoms with Gasteiger partial charge in [0.25, 0.3) is 0 Å². The van der Waals surface area contributed by atoms with Crippen LogP contribution in [0.2, 0.25) is 0 Å². The molecule has 0 bridgehead atoms. The third-order valence-electron chi connectivity index (χ3n) is 6.39. The molecule has 0 saturated carbocycles. The number of rotatable bonds is 10. The van der Waals surface area contributed by atoms with Crippen LogP contribution in [0.15, 0.2) is 48.5 Å². The summed E-state index contributed by atoms with van der Waals surface area (Å²) in [4.78, 5) is 35.1. The monoisotopic (exact) mass is 466 g/mol. The van der Waals surface area contributed by atoms with E-state index in [1.165, 1.54) is 11.1 Å². The van der Waals surface area contributed by atoms with Crippen molar-refractivity contribution in [2.75, 3.05) is 26.3 Å². The van der Waals surface area contributed by atoms with E-state index in [-0.39, 0.29) is 43.4 Å². The van der Waals surface area contributed by atoms with E-state index in [1.54, 1.807) is 0 Å². The van der Waals surface area contributed by atoms with Gasteiger partial charge in [0.2, 0.25) is 5.91 Å². The standard InChI is InChI=1S/C26H30N2O6/c29-24(30)11-5-6-12-27-25(31)17-13-18(33-15-17)14-28-26(32)34-16-23-21-9-3-1-7-19(21)20-8-2-4-10-22(20)23/h1-4,7-10,17-18,23H,5-6,11-16H2,(H,27,31)(H,28,32)(H,29,30). The third kappa shape index (κ3) is 5.75. The predicted molar refractivity (Wildman–Crippen MR) is 125 cm³/mol. The van der Waals surface area contributed by atoms with E-state index in [4.69, 9.17) is 14.6 Å². The number of benzene rings is 2. The molecule has 0 radical (unpaired) electrons. The number of carboxylic acids is 1. The lowest BCUT2D eigenvalue weighted by Gasteiger charge is -2.15. The average molecular weight is 467 g/mol. The number of carbonyl (C=O) groups excluding carboxylic acids is 2. The van der Waals surface area contributed by atoms with Gasteiger partial charge in [-0.25, -0.2) is 4.79 Å². The molecule has 2 unspecified atom stereocenters. The molecule has 2 atom stereocenters. The lowest BCUT2D eigenvalue weighted by Crippen LogP contribution is -2.34. The van der Waals surface area contributed by atoms with Crippen molar-refractivity contribution >= 4 is 18.0 Å². The summed E-state index contributed by atoms with van der Waals surface area (Å²) in [5.41, 5.74) is 4.68. The van der Waals surface area contributed by atoms with E-state index < -0.39 is 12.1 Å². The number of carboxylic acid groups (broad SMARTS) is 1. The van der Waals surface area contributed by atoms with Crippen molar-refractivity contribution in [1.82, 2.24) is 10.6 Å². The predicted octanol–water partition coefficient (Wildman–Crippen LogP) is 3.30. The number of alkyl carbamates (subject to hydrolysis) is 1. The SMILES string of the molecule is O=C(O)CCCCNC(=O)C1COC(CNC(=O)OCC2c3ccccc3-c3ccccc32)C1. The van der Waals surface area contributed by atoms with Crippen LogP contribution in [0, 0.1) is 5.92 Å². The molecule has 1 aliphatic carbocycles. The van der Waals surface area contributed by atoms with Crippen LogP contribution in [0.3, 0.4) is 0 Å². The number of aliphatic carboxylic acids is 1. The Labute approximate surface area is 198 Å². The van der Waals surface area contributed by atoms with Gasteiger partial charge < -0.3 is 25.2 Å². The summed E-state index contributed by atoms with van der Waals surface area (Å²) in [6.07, 6.45) is 1.03. The highest BCUT2D eigenvalue weighted by molar-refractivity contribution is 5.79. The summed E-state index contributed by atoms with van der Waals surface area (Å²) in [6, 6.07) is 16.4. The van der Waals surface area contributed by atoms with Gasteiger partial charge in [0, 0.05) is 25.4 Å². The minimum atomic E-state index is -0.831. The van der Waals surface area contributed by atoms with Crippen LogP contribution in [0.5, 0.6) is 0 Å². The van der Waals surface area contributed by atoms with Crippen LogP contribution in [-0.4, -0.2) is 55.5 Å². The maximum absolute atomic E-state index is 12.3. The van der Waals surface area contributed by atoms with Crippen LogP contribution in [-0.2, 0) is 19.1 Å². The normalized spacial score (nSPS) is 18.7. The number of unbranched alkanes of at least 4 members (excludes halogenated alkanes) is 1. The van der Waals surface area contributed by atoms with Crippen LogP contribution in [0.4, 0.5) is 4.79 Å². The molecule has 2 aromatic rings. The molecule has 180 valence electrons. The van der Waals surface area contributed by atoms with Gasteiger partial charge in [0.05, 0.1) is 18.6 Å². The summed E-state index contributed by atoms with van der Waals surface area (Å²) < 4.78 is 11.2. The van der Waals surface area contributed by atoms with Crippen molar-refractivity contribution in [2.24, 2.45) is 5.92 Å². The van der Waals surface area contributed by atoms with Crippen molar-refractivity contribution in [2.45, 2.75) is 37.7 Å². The molecular weight excluding hydrogens is 436 g/mol. The molecule has 0 spiro atoms. The molecule has 1 fully saturated rings. The Bertz CT molecular complexity index is 994. The molecule has 2 amide bonds. The van der Waals surface area contributed by atoms with Crippen LogP contribution in [0.25, 0.3) is 11.1 Å². The van der Waals surface area contributed by atoms with Crippen molar-refractivity contribution in [3.8, 4) is 11.1 Å². The first-order valence-corrected chi connectivity index (χ1v) is 11.7. The van der Waals surface area contributed by atoms with Crippen LogP contribution < -0.4 is 10.6 Å². The Hall–Kier alpha value is -3.39. The second kappa shape index (κ2) is 11.2. The number of nitrogens with one attached hydrogen (secondary N) is 2. The minimum absolute atomic E-state index is 0.00413. The van der Waals surface area contributed by atoms with Crippen molar-refractivity contribution in [3.05, 3.63) is 59.7 Å². The Kier molecular flexibility index (Phi) is 7.80. The fraction of sp³-hybridized carbons (Fsp3) is 0.423. The molecule has 34 heavy (non-hydrogen) atoms. The molecular formula is C26H30N2O6. The Morgan fingerprint density at radius 3 is 2.32 bits per heavy atom. The molecule has 8 heteroatoms. The number of amides is 2. The number of fused-ring (bicyclic) bond motifs is 3. The van der Waals surface area contributed by atoms with Crippen molar-refractivity contribution in [1.29, 1.82) is 0 Å². The van der Waals surface area contributed by atoms with E-state index in [2.05, 4.69) is 34.9 Å². The van der Waals surface area contributed by atoms with Gasteiger partial charge in [-0.1, -0.05) is 48.5 Å². The first-order valence-electron chi connectivity index (χ1n) is 11.7. The van der Waals surface area contributed by atoms with E-state index >= 15 is 0 Å². The molecule has 2 aromatic carbocycles. The second-order valence-electron chi connectivity index (χ2n) is 8.74. The van der Waals surface area contributed by atoms with Crippen molar-refractivity contribution in [3.63, 3.8) is 0 Å². The smallest absolute Gasteiger partial charge is 0.407 e. The average Bonchev–Trinajstić information content (AvgIpc) is 3.44. The van der Waals surface area contributed by atoms with Gasteiger partial charge in [-0.05, 0) is 41.5 Å². The number of carbonyl (C=O) groups is 3. The van der Waals surface area contributed by atoms with E-state index in [0.717, 1.165) is 11.1 Å². The first-order chi connectivity index (χ1) is 16.5. The van der Waals surface area contributed by atoms with Gasteiger partial charge in [-0.15, -0.1) is 0 Å². The number of hydrogen-bond acceptors (Lipinski definition) is 5. The molecule has 3 N–H and O–H groups in total. The quantitative estimate of drug-likeness (QED) is 0.463. The lowest BCUT2D eigenvalue weighted by atomic mass is 9.98. The van der Waals surface area contributed by atoms with Gasteiger partial charge >= 0.3 is 12.1 Å². The fourth-order valence-corrected chi connectivity index (χ4v) is 4.63.